The van der Waals surface area contributed by atoms with Gasteiger partial charge in [0.1, 0.15) is 56.9 Å². The number of nitrogens with zero attached hydrogens (tertiary/aromatic N) is 6. The molecule has 0 spiro atoms. The van der Waals surface area contributed by atoms with Crippen molar-refractivity contribution < 1.29 is 96.4 Å². The van der Waals surface area contributed by atoms with E-state index in [-0.39, 0.29) is 103 Å². The number of carbonyl (C=O) groups excluding carboxylic acids is 2. The summed E-state index contributed by atoms with van der Waals surface area (Å²) in [6.45, 7) is 2.31. The Morgan fingerprint density at radius 2 is 0.833 bits per heavy atom. The van der Waals surface area contributed by atoms with Crippen molar-refractivity contribution in [1.82, 2.24) is 0 Å². The summed E-state index contributed by atoms with van der Waals surface area (Å²) in [5.41, 5.74) is -1.87. The van der Waals surface area contributed by atoms with Crippen LogP contribution in [0.1, 0.15) is 34.6 Å². The summed E-state index contributed by atoms with van der Waals surface area (Å²) >= 11 is 0. The minimum absolute atomic E-state index is 0. The van der Waals surface area contributed by atoms with Gasteiger partial charge in [-0.25, -0.2) is 0 Å². The third kappa shape index (κ3) is 9.76. The number of phenolic OH excluding ortho intramolecular Hbond substituents is 6. The fraction of sp³-hybridized carbons (Fsp3) is 0.0714. The molecule has 6 N–H and O–H groups in total. The zero-order valence-electron chi connectivity index (χ0n) is 24.9. The second-order valence-corrected chi connectivity index (χ2v) is 9.03. The molecule has 48 heavy (non-hydrogen) atoms. The van der Waals surface area contributed by atoms with Crippen molar-refractivity contribution in [3.63, 3.8) is 0 Å². The van der Waals surface area contributed by atoms with E-state index >= 15 is 0 Å². The van der Waals surface area contributed by atoms with Gasteiger partial charge in [-0.2, -0.15) is 0 Å². The Morgan fingerprint density at radius 1 is 0.542 bits per heavy atom. The van der Waals surface area contributed by atoms with Gasteiger partial charge in [-0.1, -0.05) is 0 Å². The number of non-ortho nitro benzene ring substituents is 2. The SMILES string of the molecule is CC(=O)c1c(O)ccc(N=Nc2cc([N+](=O)[O-])ccc2O)c1O.CC(=O)c1c(O)ccc(N=Nc2cc([N+](=O)[O-])ccc2O)c1O.[Co].[Na+]. The third-order valence-corrected chi connectivity index (χ3v) is 5.84. The molecule has 0 fully saturated rings. The number of nitro benzene ring substituents is 2. The van der Waals surface area contributed by atoms with Crippen LogP contribution in [0.5, 0.6) is 34.5 Å². The maximum Gasteiger partial charge on any atom is 1.00 e. The van der Waals surface area contributed by atoms with Gasteiger partial charge < -0.3 is 30.6 Å². The molecule has 18 nitrogen and oxygen atoms in total. The molecule has 0 heterocycles. The first kappa shape index (κ1) is 40.6. The molecule has 0 amide bonds. The van der Waals surface area contributed by atoms with E-state index in [4.69, 9.17) is 0 Å². The number of benzene rings is 4. The molecule has 0 aliphatic carbocycles. The van der Waals surface area contributed by atoms with Crippen molar-refractivity contribution in [2.75, 3.05) is 0 Å². The van der Waals surface area contributed by atoms with E-state index < -0.39 is 44.4 Å². The molecule has 4 aromatic rings. The second-order valence-electron chi connectivity index (χ2n) is 9.03. The summed E-state index contributed by atoms with van der Waals surface area (Å²) in [4.78, 5) is 42.8. The van der Waals surface area contributed by atoms with Gasteiger partial charge in [0.05, 0.1) is 9.85 Å². The standard InChI is InChI=1S/2C14H11N3O6.Co.Na/c2*1-7(18)13-12(20)5-3-9(14(13)21)15-16-10-6-8(17(22)23)2-4-11(10)19;;/h2*2-6,19-21H,1H3;;/q;;;+1. The van der Waals surface area contributed by atoms with Gasteiger partial charge in [0.2, 0.25) is 0 Å². The number of aromatic hydroxyl groups is 6. The maximum absolute atomic E-state index is 11.4. The Balaban J connectivity index is 0.000000461. The molecule has 245 valence electrons. The molecule has 0 aliphatic heterocycles. The van der Waals surface area contributed by atoms with E-state index in [0.717, 1.165) is 62.4 Å². The molecule has 0 bridgehead atoms. The van der Waals surface area contributed by atoms with Crippen LogP contribution in [0.4, 0.5) is 34.1 Å². The van der Waals surface area contributed by atoms with Gasteiger partial charge in [-0.3, -0.25) is 29.8 Å². The molecular formula is C28H22CoN6NaO12+. The fourth-order valence-electron chi connectivity index (χ4n) is 3.62. The van der Waals surface area contributed by atoms with Gasteiger partial charge in [0, 0.05) is 41.0 Å². The number of phenols is 6. The van der Waals surface area contributed by atoms with Crippen LogP contribution < -0.4 is 29.6 Å². The van der Waals surface area contributed by atoms with Gasteiger partial charge in [0.15, 0.2) is 23.1 Å². The Morgan fingerprint density at radius 3 is 1.12 bits per heavy atom. The Kier molecular flexibility index (Phi) is 14.7. The molecule has 0 saturated heterocycles. The van der Waals surface area contributed by atoms with Gasteiger partial charge >= 0.3 is 29.6 Å². The van der Waals surface area contributed by atoms with Gasteiger partial charge in [-0.05, 0) is 50.2 Å². The topological polar surface area (TPSA) is 291 Å². The normalized spacial score (nSPS) is 10.4. The van der Waals surface area contributed by atoms with Crippen molar-refractivity contribution in [1.29, 1.82) is 0 Å². The van der Waals surface area contributed by atoms with Crippen molar-refractivity contribution >= 4 is 45.7 Å². The number of Topliss-reactive ketones (excluding diaryl/α,β-unsaturated/α-hetero) is 2. The van der Waals surface area contributed by atoms with E-state index in [1.807, 2.05) is 0 Å². The van der Waals surface area contributed by atoms with Crippen molar-refractivity contribution in [3.05, 3.63) is 92.0 Å². The third-order valence-electron chi connectivity index (χ3n) is 5.84. The van der Waals surface area contributed by atoms with Crippen molar-refractivity contribution in [3.8, 4) is 34.5 Å². The minimum atomic E-state index is -0.662. The van der Waals surface area contributed by atoms with Crippen LogP contribution in [0.15, 0.2) is 81.1 Å². The number of hydrogen-bond acceptors (Lipinski definition) is 16. The van der Waals surface area contributed by atoms with Crippen LogP contribution in [0.3, 0.4) is 0 Å². The molecule has 0 saturated carbocycles. The quantitative estimate of drug-likeness (QED) is 0.0501. The first-order valence-electron chi connectivity index (χ1n) is 12.5. The first-order valence-corrected chi connectivity index (χ1v) is 12.5. The van der Waals surface area contributed by atoms with Crippen LogP contribution in [0.2, 0.25) is 0 Å². The summed E-state index contributed by atoms with van der Waals surface area (Å²) < 4.78 is 0. The summed E-state index contributed by atoms with van der Waals surface area (Å²) in [5.74, 6) is -3.81. The van der Waals surface area contributed by atoms with E-state index in [9.17, 15) is 60.5 Å². The number of carbonyl (C=O) groups is 2. The van der Waals surface area contributed by atoms with E-state index in [0.29, 0.717) is 0 Å². The molecule has 0 aliphatic rings. The molecule has 1 radical (unpaired) electrons. The van der Waals surface area contributed by atoms with Crippen LogP contribution in [-0.2, 0) is 16.8 Å². The number of nitro groups is 2. The number of hydrogen-bond donors (Lipinski definition) is 6. The number of azo groups is 2. The van der Waals surface area contributed by atoms with E-state index in [1.165, 1.54) is 12.1 Å². The van der Waals surface area contributed by atoms with Gasteiger partial charge in [0.25, 0.3) is 11.4 Å². The second kappa shape index (κ2) is 17.4. The Bertz CT molecular complexity index is 1820. The molecule has 4 aromatic carbocycles. The van der Waals surface area contributed by atoms with E-state index in [2.05, 4.69) is 20.5 Å². The number of ketones is 2. The minimum Gasteiger partial charge on any atom is -0.507 e. The van der Waals surface area contributed by atoms with Crippen LogP contribution in [-0.4, -0.2) is 52.1 Å². The molecule has 0 aromatic heterocycles. The summed E-state index contributed by atoms with van der Waals surface area (Å²) in [7, 11) is 0. The Labute approximate surface area is 301 Å². The smallest absolute Gasteiger partial charge is 0.507 e. The molecular weight excluding hydrogens is 694 g/mol. The molecule has 20 heteroatoms. The average Bonchev–Trinajstić information content (AvgIpc) is 2.97. The number of rotatable bonds is 8. The summed E-state index contributed by atoms with van der Waals surface area (Å²) in [5, 5.41) is 94.1. The predicted octanol–water partition coefficient (Wildman–Crippen LogP) is 3.66. The molecule has 4 rings (SSSR count). The fourth-order valence-corrected chi connectivity index (χ4v) is 3.62. The van der Waals surface area contributed by atoms with Crippen molar-refractivity contribution in [2.24, 2.45) is 20.5 Å². The van der Waals surface area contributed by atoms with Crippen LogP contribution in [0, 0.1) is 20.2 Å². The van der Waals surface area contributed by atoms with Crippen molar-refractivity contribution in [2.45, 2.75) is 13.8 Å². The zero-order chi connectivity index (χ0) is 34.3. The zero-order valence-corrected chi connectivity index (χ0v) is 28.0. The largest absolute Gasteiger partial charge is 1.00 e. The van der Waals surface area contributed by atoms with Gasteiger partial charge in [-0.15, -0.1) is 20.5 Å². The van der Waals surface area contributed by atoms with Crippen LogP contribution >= 0.6 is 0 Å². The summed E-state index contributed by atoms with van der Waals surface area (Å²) in [6.07, 6.45) is 0. The average molecular weight is 716 g/mol. The summed E-state index contributed by atoms with van der Waals surface area (Å²) in [6, 6.07) is 11.1. The maximum atomic E-state index is 11.4. The molecule has 0 atom stereocenters. The molecule has 0 unspecified atom stereocenters. The predicted molar refractivity (Wildman–Crippen MR) is 157 cm³/mol. The first-order chi connectivity index (χ1) is 21.6. The monoisotopic (exact) mass is 716 g/mol. The van der Waals surface area contributed by atoms with E-state index in [1.54, 1.807) is 0 Å². The Hall–Kier alpha value is -5.47. The van der Waals surface area contributed by atoms with Crippen LogP contribution in [0.25, 0.3) is 0 Å².